The molecular formula is C21H25N3O2S. The summed E-state index contributed by atoms with van der Waals surface area (Å²) >= 11 is 1.24. The molecule has 0 radical (unpaired) electrons. The van der Waals surface area contributed by atoms with Gasteiger partial charge in [0, 0.05) is 50.8 Å². The first kappa shape index (κ1) is 11.2. The molecule has 1 fully saturated rings. The van der Waals surface area contributed by atoms with Crippen LogP contribution in [0.4, 0.5) is 5.69 Å². The Balaban J connectivity index is 1.67. The highest BCUT2D eigenvalue weighted by Gasteiger charge is 2.24. The molecule has 2 aliphatic rings. The number of piperazine rings is 1. The quantitative estimate of drug-likeness (QED) is 0.849. The molecule has 2 aromatic carbocycles. The summed E-state index contributed by atoms with van der Waals surface area (Å²) in [4.78, 5) is 9.14. The number of hydrogen-bond acceptors (Lipinski definition) is 6. The van der Waals surface area contributed by atoms with Gasteiger partial charge in [0.1, 0.15) is 5.84 Å². The van der Waals surface area contributed by atoms with Gasteiger partial charge >= 0.3 is 0 Å². The molecule has 0 bridgehead atoms. The van der Waals surface area contributed by atoms with Gasteiger partial charge in [-0.2, -0.15) is 0 Å². The van der Waals surface area contributed by atoms with Gasteiger partial charge in [-0.25, -0.2) is 4.99 Å². The summed E-state index contributed by atoms with van der Waals surface area (Å²) in [6, 6.07) is 6.40. The van der Waals surface area contributed by atoms with Crippen LogP contribution in [-0.2, 0) is 4.74 Å². The highest BCUT2D eigenvalue weighted by atomic mass is 32.2. The van der Waals surface area contributed by atoms with Crippen molar-refractivity contribution in [1.29, 1.82) is 0 Å². The average Bonchev–Trinajstić information content (AvgIpc) is 3.02. The number of rotatable bonds is 5. The van der Waals surface area contributed by atoms with Gasteiger partial charge in [0.25, 0.3) is 0 Å². The van der Waals surface area contributed by atoms with Gasteiger partial charge in [-0.3, -0.25) is 4.90 Å². The summed E-state index contributed by atoms with van der Waals surface area (Å²) in [5.41, 5.74) is 0.933. The molecule has 0 aromatic heterocycles. The molecule has 4 rings (SSSR count). The van der Waals surface area contributed by atoms with E-state index >= 15 is 0 Å². The van der Waals surface area contributed by atoms with E-state index in [0.717, 1.165) is 10.5 Å². The Morgan fingerprint density at radius 3 is 2.81 bits per heavy atom. The molecule has 0 saturated carbocycles. The lowest BCUT2D eigenvalue weighted by Crippen LogP contribution is -2.49. The number of fused-ring (bicyclic) bond motifs is 2. The highest BCUT2D eigenvalue weighted by molar-refractivity contribution is 7.99. The predicted octanol–water partition coefficient (Wildman–Crippen LogP) is 2.86. The van der Waals surface area contributed by atoms with E-state index in [1.165, 1.54) is 16.7 Å². The number of aliphatic hydroxyl groups is 1. The van der Waals surface area contributed by atoms with E-state index in [2.05, 4.69) is 0 Å². The molecule has 0 unspecified atom stereocenters. The molecule has 0 spiro atoms. The first-order valence-electron chi connectivity index (χ1n) is 12.7. The minimum Gasteiger partial charge on any atom is -0.394 e. The number of aliphatic imine (C=N–C) groups is 1. The summed E-state index contributed by atoms with van der Waals surface area (Å²) in [6.45, 7) is -4.82. The van der Waals surface area contributed by atoms with Crippen LogP contribution in [-0.4, -0.2) is 73.2 Å². The van der Waals surface area contributed by atoms with E-state index in [1.54, 1.807) is 0 Å². The van der Waals surface area contributed by atoms with Crippen LogP contribution in [0.1, 0.15) is 16.5 Å². The van der Waals surface area contributed by atoms with Gasteiger partial charge in [0.15, 0.2) is 0 Å². The van der Waals surface area contributed by atoms with Crippen molar-refractivity contribution in [2.75, 3.05) is 52.4 Å². The Bertz CT molecular complexity index is 1160. The number of hydrogen-bond donors (Lipinski definition) is 1. The Morgan fingerprint density at radius 1 is 1.15 bits per heavy atom. The van der Waals surface area contributed by atoms with Crippen molar-refractivity contribution in [2.24, 2.45) is 4.99 Å². The Hall–Kier alpha value is -1.86. The van der Waals surface area contributed by atoms with E-state index < -0.39 is 19.7 Å². The van der Waals surface area contributed by atoms with E-state index in [9.17, 15) is 0 Å². The zero-order valence-electron chi connectivity index (χ0n) is 22.7. The second kappa shape index (κ2) is 8.89. The van der Waals surface area contributed by atoms with Crippen molar-refractivity contribution in [1.82, 2.24) is 9.80 Å². The number of para-hydroxylation sites is 1. The van der Waals surface area contributed by atoms with Crippen molar-refractivity contribution in [3.63, 3.8) is 0 Å². The smallest absolute Gasteiger partial charge is 0.137 e. The molecule has 1 saturated heterocycles. The van der Waals surface area contributed by atoms with Gasteiger partial charge in [0.2, 0.25) is 0 Å². The summed E-state index contributed by atoms with van der Waals surface area (Å²) in [7, 11) is 0. The van der Waals surface area contributed by atoms with Crippen LogP contribution in [0.3, 0.4) is 0 Å². The number of ether oxygens (including phenoxy) is 1. The van der Waals surface area contributed by atoms with Crippen molar-refractivity contribution in [2.45, 2.75) is 9.79 Å². The van der Waals surface area contributed by atoms with Crippen molar-refractivity contribution in [3.05, 3.63) is 54.0 Å². The number of benzene rings is 2. The number of aliphatic hydroxyl groups excluding tert-OH is 1. The molecule has 2 aliphatic heterocycles. The number of amidine groups is 1. The topological polar surface area (TPSA) is 48.3 Å². The second-order valence-electron chi connectivity index (χ2n) is 5.97. The molecule has 5 nitrogen and oxygen atoms in total. The minimum absolute atomic E-state index is 0.145. The molecular weight excluding hydrogens is 358 g/mol. The predicted molar refractivity (Wildman–Crippen MR) is 109 cm³/mol. The standard InChI is InChI=1S/C21H25N3O2S/c25-14-16-26-15-13-23-9-11-24(12-10-23)21-17-5-1-3-7-19(17)27-20-8-4-2-6-18(20)22-21/h1-8,25H,9-16H2/i2D,4D,6D,8D,13D2,15D2. The molecule has 0 aliphatic carbocycles. The lowest BCUT2D eigenvalue weighted by Gasteiger charge is -2.36. The van der Waals surface area contributed by atoms with Crippen LogP contribution < -0.4 is 0 Å². The Kier molecular flexibility index (Phi) is 3.69. The highest BCUT2D eigenvalue weighted by Crippen LogP contribution is 2.40. The maximum atomic E-state index is 8.93. The first-order chi connectivity index (χ1) is 16.5. The molecule has 2 heterocycles. The Morgan fingerprint density at radius 2 is 1.96 bits per heavy atom. The molecule has 27 heavy (non-hydrogen) atoms. The van der Waals surface area contributed by atoms with E-state index in [1.807, 2.05) is 29.2 Å². The maximum absolute atomic E-state index is 8.93. The van der Waals surface area contributed by atoms with Crippen LogP contribution in [0.5, 0.6) is 0 Å². The molecule has 1 N–H and O–H groups in total. The zero-order chi connectivity index (χ0) is 25.5. The largest absolute Gasteiger partial charge is 0.394 e. The fourth-order valence-corrected chi connectivity index (χ4v) is 3.86. The first-order valence-corrected chi connectivity index (χ1v) is 9.52. The maximum Gasteiger partial charge on any atom is 0.137 e. The minimum atomic E-state index is -2.62. The van der Waals surface area contributed by atoms with Crippen LogP contribution in [0, 0.1) is 0 Å². The third-order valence-electron chi connectivity index (χ3n) is 4.24. The normalized spacial score (nSPS) is 22.4. The van der Waals surface area contributed by atoms with Gasteiger partial charge in [-0.1, -0.05) is 42.0 Å². The summed E-state index contributed by atoms with van der Waals surface area (Å²) in [5, 5.41) is 8.93. The zero-order valence-corrected chi connectivity index (χ0v) is 15.5. The van der Waals surface area contributed by atoms with Crippen LogP contribution >= 0.6 is 11.8 Å². The van der Waals surface area contributed by atoms with Crippen molar-refractivity contribution >= 4 is 23.3 Å². The SMILES string of the molecule is [2H]c1c([2H])c([2H])c2c(c1[2H])N=C(N1CCN(C([2H])([2H])C([2H])([2H])OCCO)CC1)c1ccccc1S2. The lowest BCUT2D eigenvalue weighted by molar-refractivity contribution is 0.0652. The molecule has 6 heteroatoms. The molecule has 0 amide bonds. The van der Waals surface area contributed by atoms with Gasteiger partial charge in [-0.05, 0) is 18.2 Å². The number of nitrogens with zero attached hydrogens (tertiary/aromatic N) is 3. The van der Waals surface area contributed by atoms with E-state index in [0.29, 0.717) is 23.8 Å². The monoisotopic (exact) mass is 391 g/mol. The van der Waals surface area contributed by atoms with Crippen LogP contribution in [0.25, 0.3) is 0 Å². The van der Waals surface area contributed by atoms with Crippen LogP contribution in [0.2, 0.25) is 0 Å². The lowest BCUT2D eigenvalue weighted by atomic mass is 10.1. The summed E-state index contributed by atoms with van der Waals surface area (Å²) in [5.74, 6) is 0.525. The fraction of sp³-hybridized carbons (Fsp3) is 0.381. The molecule has 2 aromatic rings. The summed E-state index contributed by atoms with van der Waals surface area (Å²) in [6.07, 6.45) is 0. The summed E-state index contributed by atoms with van der Waals surface area (Å²) < 4.78 is 70.5. The van der Waals surface area contributed by atoms with Crippen LogP contribution in [0.15, 0.2) is 63.2 Å². The third kappa shape index (κ3) is 4.35. The fourth-order valence-electron chi connectivity index (χ4n) is 2.93. The van der Waals surface area contributed by atoms with Gasteiger partial charge < -0.3 is 14.7 Å². The van der Waals surface area contributed by atoms with Crippen molar-refractivity contribution in [3.8, 4) is 0 Å². The van der Waals surface area contributed by atoms with Gasteiger partial charge in [-0.15, -0.1) is 0 Å². The average molecular weight is 392 g/mol. The van der Waals surface area contributed by atoms with E-state index in [4.69, 9.17) is 25.8 Å². The Labute approximate surface area is 175 Å². The van der Waals surface area contributed by atoms with E-state index in [-0.39, 0.29) is 49.6 Å². The molecule has 142 valence electrons. The third-order valence-corrected chi connectivity index (χ3v) is 5.32. The molecule has 0 atom stereocenters. The van der Waals surface area contributed by atoms with Gasteiger partial charge in [0.05, 0.1) is 33.7 Å². The second-order valence-corrected chi connectivity index (χ2v) is 7.02. The van der Waals surface area contributed by atoms with Crippen molar-refractivity contribution < 1.29 is 20.8 Å².